The van der Waals surface area contributed by atoms with Gasteiger partial charge in [0.05, 0.1) is 43.8 Å². The first-order valence-corrected chi connectivity index (χ1v) is 7.50. The number of rotatable bonds is 7. The van der Waals surface area contributed by atoms with Crippen molar-refractivity contribution < 1.29 is 24.1 Å². The summed E-state index contributed by atoms with van der Waals surface area (Å²) in [7, 11) is 4.60. The fourth-order valence-corrected chi connectivity index (χ4v) is 2.29. The minimum Gasteiger partial charge on any atom is -0.496 e. The van der Waals surface area contributed by atoms with Gasteiger partial charge in [-0.1, -0.05) is 11.6 Å². The van der Waals surface area contributed by atoms with Crippen molar-refractivity contribution in [3.8, 4) is 17.2 Å². The summed E-state index contributed by atoms with van der Waals surface area (Å²) in [5.41, 5.74) is 3.88. The lowest BCUT2D eigenvalue weighted by Gasteiger charge is -2.11. The van der Waals surface area contributed by atoms with Crippen LogP contribution in [0.15, 0.2) is 35.4 Å². The Hall–Kier alpha value is -2.93. The van der Waals surface area contributed by atoms with Gasteiger partial charge in [-0.3, -0.25) is 5.43 Å². The van der Waals surface area contributed by atoms with Crippen molar-refractivity contribution in [3.63, 3.8) is 0 Å². The Bertz CT molecular complexity index is 808. The highest BCUT2D eigenvalue weighted by Crippen LogP contribution is 2.33. The van der Waals surface area contributed by atoms with Crippen LogP contribution in [-0.2, 0) is 0 Å². The summed E-state index contributed by atoms with van der Waals surface area (Å²) in [6.45, 7) is 0. The summed E-state index contributed by atoms with van der Waals surface area (Å²) >= 11 is 5.83. The molecule has 2 rings (SSSR count). The van der Waals surface area contributed by atoms with Gasteiger partial charge < -0.3 is 19.3 Å². The average molecular weight is 365 g/mol. The van der Waals surface area contributed by atoms with E-state index in [-0.39, 0.29) is 10.6 Å². The summed E-state index contributed by atoms with van der Waals surface area (Å²) in [5.74, 6) is 0.502. The largest absolute Gasteiger partial charge is 0.496 e. The molecule has 0 bridgehead atoms. The van der Waals surface area contributed by atoms with E-state index in [4.69, 9.17) is 30.9 Å². The maximum absolute atomic E-state index is 11.1. The molecule has 0 fully saturated rings. The molecule has 2 N–H and O–H groups in total. The molecule has 0 saturated carbocycles. The Balaban J connectivity index is 2.25. The molecule has 25 heavy (non-hydrogen) atoms. The number of hydrogen-bond donors (Lipinski definition) is 2. The van der Waals surface area contributed by atoms with Crippen molar-refractivity contribution in [2.45, 2.75) is 0 Å². The number of hydrazone groups is 1. The van der Waals surface area contributed by atoms with Crippen LogP contribution < -0.4 is 19.6 Å². The topological polar surface area (TPSA) is 89.4 Å². The van der Waals surface area contributed by atoms with Crippen LogP contribution in [0.1, 0.15) is 15.9 Å². The minimum atomic E-state index is -1.11. The predicted molar refractivity (Wildman–Crippen MR) is 95.7 cm³/mol. The Morgan fingerprint density at radius 3 is 2.32 bits per heavy atom. The first kappa shape index (κ1) is 18.4. The lowest BCUT2D eigenvalue weighted by Crippen LogP contribution is -2.00. The summed E-state index contributed by atoms with van der Waals surface area (Å²) in [4.78, 5) is 11.1. The van der Waals surface area contributed by atoms with Crippen molar-refractivity contribution >= 4 is 29.5 Å². The van der Waals surface area contributed by atoms with Gasteiger partial charge in [-0.05, 0) is 24.3 Å². The molecule has 0 heterocycles. The molecule has 0 aliphatic carbocycles. The fraction of sp³-hybridized carbons (Fsp3) is 0.176. The van der Waals surface area contributed by atoms with Crippen LogP contribution in [-0.4, -0.2) is 38.6 Å². The van der Waals surface area contributed by atoms with Crippen molar-refractivity contribution in [3.05, 3.63) is 46.5 Å². The molecule has 0 aliphatic rings. The molecule has 132 valence electrons. The van der Waals surface area contributed by atoms with E-state index in [1.807, 2.05) is 0 Å². The maximum Gasteiger partial charge on any atom is 0.337 e. The van der Waals surface area contributed by atoms with Crippen molar-refractivity contribution in [1.29, 1.82) is 0 Å². The third kappa shape index (κ3) is 4.33. The molecule has 0 radical (unpaired) electrons. The van der Waals surface area contributed by atoms with E-state index in [9.17, 15) is 4.79 Å². The van der Waals surface area contributed by atoms with Crippen LogP contribution in [0.3, 0.4) is 0 Å². The molecule has 0 spiro atoms. The lowest BCUT2D eigenvalue weighted by atomic mass is 10.2. The Morgan fingerprint density at radius 1 is 1.08 bits per heavy atom. The molecule has 0 unspecified atom stereocenters. The highest BCUT2D eigenvalue weighted by atomic mass is 35.5. The van der Waals surface area contributed by atoms with E-state index in [2.05, 4.69) is 10.5 Å². The number of aromatic carboxylic acids is 1. The number of nitrogens with one attached hydrogen (secondary N) is 1. The lowest BCUT2D eigenvalue weighted by molar-refractivity contribution is 0.0697. The van der Waals surface area contributed by atoms with Crippen LogP contribution >= 0.6 is 11.6 Å². The van der Waals surface area contributed by atoms with Crippen molar-refractivity contribution in [2.75, 3.05) is 26.8 Å². The molecule has 2 aromatic carbocycles. The number of methoxy groups -OCH3 is 3. The number of benzene rings is 2. The van der Waals surface area contributed by atoms with Gasteiger partial charge in [0, 0.05) is 11.6 Å². The molecule has 0 aromatic heterocycles. The first-order valence-electron chi connectivity index (χ1n) is 7.12. The highest BCUT2D eigenvalue weighted by Gasteiger charge is 2.11. The summed E-state index contributed by atoms with van der Waals surface area (Å²) in [5, 5.41) is 13.3. The standard InChI is InChI=1S/C17H17ClN2O5/c1-23-14-8-16(25-3)15(24-2)6-10(14)9-19-20-11-4-5-13(18)12(7-11)17(21)22/h4-9,20H,1-3H3,(H,21,22). The van der Waals surface area contributed by atoms with Crippen LogP contribution in [0.25, 0.3) is 0 Å². The number of anilines is 1. The summed E-state index contributed by atoms with van der Waals surface area (Å²) in [6, 6.07) is 7.91. The quantitative estimate of drug-likeness (QED) is 0.577. The molecular formula is C17H17ClN2O5. The van der Waals surface area contributed by atoms with Gasteiger partial charge in [0.25, 0.3) is 0 Å². The molecule has 8 heteroatoms. The zero-order valence-corrected chi connectivity index (χ0v) is 14.6. The third-order valence-electron chi connectivity index (χ3n) is 3.33. The Labute approximate surface area is 149 Å². The zero-order chi connectivity index (χ0) is 18.4. The maximum atomic E-state index is 11.1. The number of halogens is 1. The summed E-state index contributed by atoms with van der Waals surface area (Å²) < 4.78 is 15.8. The average Bonchev–Trinajstić information content (AvgIpc) is 2.62. The molecule has 0 aliphatic heterocycles. The van der Waals surface area contributed by atoms with Gasteiger partial charge in [-0.15, -0.1) is 0 Å². The molecule has 0 amide bonds. The second-order valence-electron chi connectivity index (χ2n) is 4.82. The Morgan fingerprint density at radius 2 is 1.72 bits per heavy atom. The van der Waals surface area contributed by atoms with E-state index in [0.29, 0.717) is 28.5 Å². The minimum absolute atomic E-state index is 0.00874. The van der Waals surface area contributed by atoms with Gasteiger partial charge in [-0.2, -0.15) is 5.10 Å². The SMILES string of the molecule is COc1cc(OC)c(OC)cc1C=NNc1ccc(Cl)c(C(=O)O)c1. The molecule has 2 aromatic rings. The fourth-order valence-electron chi connectivity index (χ4n) is 2.09. The van der Waals surface area contributed by atoms with Crippen molar-refractivity contribution in [2.24, 2.45) is 5.10 Å². The second-order valence-corrected chi connectivity index (χ2v) is 5.23. The molecule has 0 saturated heterocycles. The van der Waals surface area contributed by atoms with E-state index in [1.54, 1.807) is 18.2 Å². The van der Waals surface area contributed by atoms with Gasteiger partial charge in [-0.25, -0.2) is 4.79 Å². The second kappa shape index (κ2) is 8.25. The summed E-state index contributed by atoms with van der Waals surface area (Å²) in [6.07, 6.45) is 1.52. The van der Waals surface area contributed by atoms with Crippen LogP contribution in [0, 0.1) is 0 Å². The smallest absolute Gasteiger partial charge is 0.337 e. The number of hydrogen-bond acceptors (Lipinski definition) is 6. The highest BCUT2D eigenvalue weighted by molar-refractivity contribution is 6.33. The van der Waals surface area contributed by atoms with E-state index < -0.39 is 5.97 Å². The van der Waals surface area contributed by atoms with Crippen molar-refractivity contribution in [1.82, 2.24) is 0 Å². The first-order chi connectivity index (χ1) is 12.0. The van der Waals surface area contributed by atoms with Crippen LogP contribution in [0.4, 0.5) is 5.69 Å². The number of carbonyl (C=O) groups is 1. The number of nitrogens with zero attached hydrogens (tertiary/aromatic N) is 1. The normalized spacial score (nSPS) is 10.6. The van der Waals surface area contributed by atoms with Gasteiger partial charge in [0.15, 0.2) is 11.5 Å². The molecule has 7 nitrogen and oxygen atoms in total. The van der Waals surface area contributed by atoms with E-state index in [0.717, 1.165) is 0 Å². The van der Waals surface area contributed by atoms with Gasteiger partial charge >= 0.3 is 5.97 Å². The number of ether oxygens (including phenoxy) is 3. The van der Waals surface area contributed by atoms with E-state index in [1.165, 1.54) is 39.7 Å². The number of carboxylic acids is 1. The zero-order valence-electron chi connectivity index (χ0n) is 13.9. The third-order valence-corrected chi connectivity index (χ3v) is 3.66. The predicted octanol–water partition coefficient (Wildman–Crippen LogP) is 3.51. The monoisotopic (exact) mass is 364 g/mol. The van der Waals surface area contributed by atoms with Gasteiger partial charge in [0.2, 0.25) is 0 Å². The van der Waals surface area contributed by atoms with Crippen LogP contribution in [0.2, 0.25) is 5.02 Å². The van der Waals surface area contributed by atoms with E-state index >= 15 is 0 Å². The Kier molecular flexibility index (Phi) is 6.08. The molecule has 0 atom stereocenters. The van der Waals surface area contributed by atoms with Gasteiger partial charge in [0.1, 0.15) is 5.75 Å². The molecular weight excluding hydrogens is 348 g/mol. The number of carboxylic acid groups (broad SMARTS) is 1. The van der Waals surface area contributed by atoms with Crippen LogP contribution in [0.5, 0.6) is 17.2 Å².